The first-order valence-corrected chi connectivity index (χ1v) is 4.02. The van der Waals surface area contributed by atoms with Crippen molar-refractivity contribution in [2.45, 2.75) is 19.4 Å². The molecule has 0 rings (SSSR count). The van der Waals surface area contributed by atoms with E-state index in [0.717, 1.165) is 0 Å². The van der Waals surface area contributed by atoms with Crippen molar-refractivity contribution in [2.75, 3.05) is 0 Å². The summed E-state index contributed by atoms with van der Waals surface area (Å²) in [6.07, 6.45) is 4.33. The van der Waals surface area contributed by atoms with Gasteiger partial charge in [0, 0.05) is 12.0 Å². The van der Waals surface area contributed by atoms with Gasteiger partial charge in [0.1, 0.15) is 6.04 Å². The fraction of sp³-hybridized carbons (Fsp3) is 0.333. The van der Waals surface area contributed by atoms with Gasteiger partial charge in [-0.25, -0.2) is 4.79 Å². The molecule has 0 unspecified atom stereocenters. The average molecular weight is 199 g/mol. The molecule has 0 aliphatic heterocycles. The zero-order chi connectivity index (χ0) is 11.1. The van der Waals surface area contributed by atoms with Crippen LogP contribution in [0.1, 0.15) is 13.3 Å². The molecule has 0 aromatic carbocycles. The summed E-state index contributed by atoms with van der Waals surface area (Å²) in [7, 11) is 0. The summed E-state index contributed by atoms with van der Waals surface area (Å²) in [5, 5.41) is 17.2. The molecule has 0 saturated heterocycles. The average Bonchev–Trinajstić information content (AvgIpc) is 2.10. The van der Waals surface area contributed by atoms with Gasteiger partial charge in [-0.05, 0) is 6.92 Å². The van der Waals surface area contributed by atoms with E-state index in [-0.39, 0.29) is 12.0 Å². The van der Waals surface area contributed by atoms with E-state index in [1.54, 1.807) is 13.0 Å². The Morgan fingerprint density at radius 2 is 2.00 bits per heavy atom. The summed E-state index contributed by atoms with van der Waals surface area (Å²) in [6, 6.07) is -1.18. The van der Waals surface area contributed by atoms with E-state index in [1.165, 1.54) is 12.2 Å². The summed E-state index contributed by atoms with van der Waals surface area (Å²) in [4.78, 5) is 21.0. The van der Waals surface area contributed by atoms with Crippen molar-refractivity contribution in [3.63, 3.8) is 0 Å². The van der Waals surface area contributed by atoms with Crippen LogP contribution in [0.2, 0.25) is 0 Å². The Morgan fingerprint density at radius 1 is 1.43 bits per heavy atom. The van der Waals surface area contributed by atoms with Crippen LogP contribution in [0.15, 0.2) is 23.8 Å². The van der Waals surface area contributed by atoms with Crippen LogP contribution in [0, 0.1) is 0 Å². The second-order valence-electron chi connectivity index (χ2n) is 2.67. The van der Waals surface area contributed by atoms with Gasteiger partial charge in [0.05, 0.1) is 0 Å². The van der Waals surface area contributed by atoms with Crippen LogP contribution >= 0.6 is 0 Å². The van der Waals surface area contributed by atoms with Gasteiger partial charge in [0.15, 0.2) is 0 Å². The standard InChI is InChI=1S/C9H13NO4/c1-2-3-4-6(8(11)12)5-7(10)9(13)14/h2-4,7H,5,10H2,1H3,(H,11,12)(H,13,14)/t7-/m0/s1. The number of carboxylic acid groups (broad SMARTS) is 2. The largest absolute Gasteiger partial charge is 0.480 e. The van der Waals surface area contributed by atoms with Crippen molar-refractivity contribution in [1.82, 2.24) is 0 Å². The van der Waals surface area contributed by atoms with Crippen molar-refractivity contribution >= 4 is 11.9 Å². The molecule has 0 aliphatic carbocycles. The Hall–Kier alpha value is -1.62. The number of hydrogen-bond acceptors (Lipinski definition) is 3. The Labute approximate surface area is 81.5 Å². The topological polar surface area (TPSA) is 101 Å². The first kappa shape index (κ1) is 12.4. The van der Waals surface area contributed by atoms with Gasteiger partial charge in [-0.15, -0.1) is 0 Å². The lowest BCUT2D eigenvalue weighted by Crippen LogP contribution is -2.31. The first-order valence-electron chi connectivity index (χ1n) is 4.02. The Morgan fingerprint density at radius 3 is 2.36 bits per heavy atom. The molecule has 0 aliphatic rings. The predicted molar refractivity (Wildman–Crippen MR) is 50.8 cm³/mol. The van der Waals surface area contributed by atoms with Crippen LogP contribution in [-0.4, -0.2) is 28.2 Å². The van der Waals surface area contributed by atoms with Gasteiger partial charge in [0.25, 0.3) is 0 Å². The van der Waals surface area contributed by atoms with Gasteiger partial charge >= 0.3 is 11.9 Å². The van der Waals surface area contributed by atoms with Crippen LogP contribution in [0.3, 0.4) is 0 Å². The van der Waals surface area contributed by atoms with Crippen LogP contribution < -0.4 is 5.73 Å². The third-order valence-corrected chi connectivity index (χ3v) is 1.52. The SMILES string of the molecule is CC=CC=C(C[C@H](N)C(=O)O)C(=O)O. The molecule has 0 amide bonds. The maximum Gasteiger partial charge on any atom is 0.331 e. The predicted octanol–water partition coefficient (Wildman–Crippen LogP) is 0.375. The molecule has 0 radical (unpaired) electrons. The third kappa shape index (κ3) is 4.42. The maximum absolute atomic E-state index is 10.6. The molecular weight excluding hydrogens is 186 g/mol. The van der Waals surface area contributed by atoms with Crippen LogP contribution in [-0.2, 0) is 9.59 Å². The summed E-state index contributed by atoms with van der Waals surface area (Å²) >= 11 is 0. The quantitative estimate of drug-likeness (QED) is 0.439. The molecule has 5 heteroatoms. The third-order valence-electron chi connectivity index (χ3n) is 1.52. The number of carboxylic acids is 2. The van der Waals surface area contributed by atoms with E-state index in [4.69, 9.17) is 15.9 Å². The second kappa shape index (κ2) is 5.93. The molecule has 0 fully saturated rings. The van der Waals surface area contributed by atoms with E-state index in [9.17, 15) is 9.59 Å². The van der Waals surface area contributed by atoms with E-state index in [0.29, 0.717) is 0 Å². The van der Waals surface area contributed by atoms with Crippen molar-refractivity contribution in [3.05, 3.63) is 23.8 Å². The zero-order valence-corrected chi connectivity index (χ0v) is 7.80. The van der Waals surface area contributed by atoms with Gasteiger partial charge in [-0.2, -0.15) is 0 Å². The van der Waals surface area contributed by atoms with Gasteiger partial charge in [-0.3, -0.25) is 4.79 Å². The highest BCUT2D eigenvalue weighted by atomic mass is 16.4. The normalized spacial score (nSPS) is 14.3. The lowest BCUT2D eigenvalue weighted by atomic mass is 10.1. The molecule has 5 nitrogen and oxygen atoms in total. The molecule has 0 aromatic heterocycles. The Bertz CT molecular complexity index is 281. The summed E-state index contributed by atoms with van der Waals surface area (Å²) < 4.78 is 0. The lowest BCUT2D eigenvalue weighted by molar-refractivity contribution is -0.138. The Balaban J connectivity index is 4.54. The number of aliphatic carboxylic acids is 2. The molecule has 0 saturated carbocycles. The molecule has 0 spiro atoms. The fourth-order valence-electron chi connectivity index (χ4n) is 0.763. The van der Waals surface area contributed by atoms with E-state index < -0.39 is 18.0 Å². The molecule has 0 heterocycles. The number of rotatable bonds is 5. The minimum absolute atomic E-state index is 0.0157. The smallest absolute Gasteiger partial charge is 0.331 e. The lowest BCUT2D eigenvalue weighted by Gasteiger charge is -2.05. The Kier molecular flexibility index (Phi) is 5.24. The van der Waals surface area contributed by atoms with Crippen LogP contribution in [0.4, 0.5) is 0 Å². The van der Waals surface area contributed by atoms with Gasteiger partial charge in [0.2, 0.25) is 0 Å². The van der Waals surface area contributed by atoms with Gasteiger partial charge < -0.3 is 15.9 Å². The highest BCUT2D eigenvalue weighted by molar-refractivity contribution is 5.88. The molecule has 0 bridgehead atoms. The number of nitrogens with two attached hydrogens (primary N) is 1. The number of hydrogen-bond donors (Lipinski definition) is 3. The molecule has 4 N–H and O–H groups in total. The minimum Gasteiger partial charge on any atom is -0.480 e. The molecule has 78 valence electrons. The van der Waals surface area contributed by atoms with Crippen molar-refractivity contribution < 1.29 is 19.8 Å². The van der Waals surface area contributed by atoms with Crippen molar-refractivity contribution in [1.29, 1.82) is 0 Å². The van der Waals surface area contributed by atoms with Gasteiger partial charge in [-0.1, -0.05) is 18.2 Å². The monoisotopic (exact) mass is 199 g/mol. The minimum atomic E-state index is -1.21. The van der Waals surface area contributed by atoms with E-state index in [2.05, 4.69) is 0 Å². The highest BCUT2D eigenvalue weighted by Gasteiger charge is 2.17. The first-order chi connectivity index (χ1) is 6.49. The van der Waals surface area contributed by atoms with E-state index in [1.807, 2.05) is 0 Å². The molecule has 1 atom stereocenters. The maximum atomic E-state index is 10.6. The van der Waals surface area contributed by atoms with Crippen molar-refractivity contribution in [3.8, 4) is 0 Å². The van der Waals surface area contributed by atoms with Crippen LogP contribution in [0.25, 0.3) is 0 Å². The van der Waals surface area contributed by atoms with E-state index >= 15 is 0 Å². The van der Waals surface area contributed by atoms with Crippen molar-refractivity contribution in [2.24, 2.45) is 5.73 Å². The molecular formula is C9H13NO4. The zero-order valence-electron chi connectivity index (χ0n) is 7.80. The second-order valence-corrected chi connectivity index (χ2v) is 2.67. The summed E-state index contributed by atoms with van der Waals surface area (Å²) in [5.74, 6) is -2.36. The summed E-state index contributed by atoms with van der Waals surface area (Å²) in [5.41, 5.74) is 5.18. The fourth-order valence-corrected chi connectivity index (χ4v) is 0.763. The molecule has 0 aromatic rings. The number of allylic oxidation sites excluding steroid dienone is 3. The summed E-state index contributed by atoms with van der Waals surface area (Å²) in [6.45, 7) is 1.73. The molecule has 14 heavy (non-hydrogen) atoms. The van der Waals surface area contributed by atoms with Crippen LogP contribution in [0.5, 0.6) is 0 Å². The number of carbonyl (C=O) groups is 2. The highest BCUT2D eigenvalue weighted by Crippen LogP contribution is 2.05.